The SMILES string of the molecule is O=C(CCCc1ccccc1)N1CCCC(OCc2noc(-c3ccncc3)n2)C1. The third kappa shape index (κ3) is 5.51. The first-order valence-corrected chi connectivity index (χ1v) is 10.4. The fourth-order valence-corrected chi connectivity index (χ4v) is 3.66. The number of carbonyl (C=O) groups excluding carboxylic acids is 1. The molecule has 7 heteroatoms. The van der Waals surface area contributed by atoms with Gasteiger partial charge in [-0.25, -0.2) is 0 Å². The quantitative estimate of drug-likeness (QED) is 0.568. The molecule has 1 fully saturated rings. The fourth-order valence-electron chi connectivity index (χ4n) is 3.66. The molecule has 1 aliphatic rings. The number of hydrogen-bond acceptors (Lipinski definition) is 6. The van der Waals surface area contributed by atoms with E-state index in [0.29, 0.717) is 24.7 Å². The van der Waals surface area contributed by atoms with E-state index in [1.54, 1.807) is 12.4 Å². The second-order valence-corrected chi connectivity index (χ2v) is 7.51. The Morgan fingerprint density at radius 2 is 2.00 bits per heavy atom. The summed E-state index contributed by atoms with van der Waals surface area (Å²) in [5.74, 6) is 1.17. The molecule has 0 aliphatic carbocycles. The molecule has 0 radical (unpaired) electrons. The van der Waals surface area contributed by atoms with Gasteiger partial charge < -0.3 is 14.2 Å². The number of aromatic nitrogens is 3. The van der Waals surface area contributed by atoms with Gasteiger partial charge in [0.25, 0.3) is 5.89 Å². The van der Waals surface area contributed by atoms with Crippen LogP contribution in [0, 0.1) is 0 Å². The summed E-state index contributed by atoms with van der Waals surface area (Å²) in [6, 6.07) is 13.9. The number of pyridine rings is 1. The van der Waals surface area contributed by atoms with Crippen molar-refractivity contribution in [1.82, 2.24) is 20.0 Å². The van der Waals surface area contributed by atoms with Crippen LogP contribution >= 0.6 is 0 Å². The molecule has 4 rings (SSSR count). The first-order valence-electron chi connectivity index (χ1n) is 10.4. The van der Waals surface area contributed by atoms with Crippen molar-refractivity contribution in [2.75, 3.05) is 13.1 Å². The molecule has 0 N–H and O–H groups in total. The average molecular weight is 406 g/mol. The molecule has 1 unspecified atom stereocenters. The number of rotatable bonds is 8. The van der Waals surface area contributed by atoms with Crippen molar-refractivity contribution in [2.45, 2.75) is 44.8 Å². The molecule has 1 saturated heterocycles. The Hall–Kier alpha value is -3.06. The zero-order valence-electron chi connectivity index (χ0n) is 16.9. The van der Waals surface area contributed by atoms with Gasteiger partial charge in [0.05, 0.1) is 6.10 Å². The number of nitrogens with zero attached hydrogens (tertiary/aromatic N) is 4. The molecule has 30 heavy (non-hydrogen) atoms. The van der Waals surface area contributed by atoms with Crippen LogP contribution in [-0.4, -0.2) is 45.1 Å². The Bertz CT molecular complexity index is 930. The van der Waals surface area contributed by atoms with Crippen LogP contribution in [0.5, 0.6) is 0 Å². The number of carbonyl (C=O) groups is 1. The number of benzene rings is 1. The molecule has 1 aliphatic heterocycles. The highest BCUT2D eigenvalue weighted by molar-refractivity contribution is 5.76. The Balaban J connectivity index is 1.22. The topological polar surface area (TPSA) is 81.4 Å². The Kier molecular flexibility index (Phi) is 6.82. The van der Waals surface area contributed by atoms with E-state index in [1.807, 2.05) is 35.2 Å². The molecule has 1 aromatic carbocycles. The zero-order chi connectivity index (χ0) is 20.6. The molecule has 156 valence electrons. The van der Waals surface area contributed by atoms with Crippen LogP contribution in [0.3, 0.4) is 0 Å². The van der Waals surface area contributed by atoms with Crippen molar-refractivity contribution in [3.63, 3.8) is 0 Å². The van der Waals surface area contributed by atoms with E-state index in [0.717, 1.165) is 37.8 Å². The van der Waals surface area contributed by atoms with Gasteiger partial charge in [0.15, 0.2) is 5.82 Å². The van der Waals surface area contributed by atoms with Crippen molar-refractivity contribution < 1.29 is 14.1 Å². The summed E-state index contributed by atoms with van der Waals surface area (Å²) in [6.07, 6.45) is 7.61. The lowest BCUT2D eigenvalue weighted by atomic mass is 10.1. The molecule has 3 heterocycles. The lowest BCUT2D eigenvalue weighted by molar-refractivity contribution is -0.135. The summed E-state index contributed by atoms with van der Waals surface area (Å²) < 4.78 is 11.3. The Morgan fingerprint density at radius 3 is 2.83 bits per heavy atom. The number of ether oxygens (including phenoxy) is 1. The van der Waals surface area contributed by atoms with Gasteiger partial charge in [-0.1, -0.05) is 35.5 Å². The molecule has 0 spiro atoms. The van der Waals surface area contributed by atoms with E-state index in [9.17, 15) is 4.79 Å². The van der Waals surface area contributed by atoms with E-state index in [-0.39, 0.29) is 18.6 Å². The second-order valence-electron chi connectivity index (χ2n) is 7.51. The monoisotopic (exact) mass is 406 g/mol. The Labute approximate surface area is 176 Å². The minimum Gasteiger partial charge on any atom is -0.368 e. The number of amides is 1. The maximum absolute atomic E-state index is 12.6. The van der Waals surface area contributed by atoms with Crippen molar-refractivity contribution in [2.24, 2.45) is 0 Å². The first kappa shape index (κ1) is 20.2. The molecule has 1 amide bonds. The first-order chi connectivity index (χ1) is 14.8. The van der Waals surface area contributed by atoms with Crippen molar-refractivity contribution in [3.05, 3.63) is 66.2 Å². The van der Waals surface area contributed by atoms with Gasteiger partial charge in [0.2, 0.25) is 5.91 Å². The number of piperidine rings is 1. The molecular weight excluding hydrogens is 380 g/mol. The van der Waals surface area contributed by atoms with Crippen molar-refractivity contribution >= 4 is 5.91 Å². The van der Waals surface area contributed by atoms with Gasteiger partial charge in [-0.2, -0.15) is 4.98 Å². The predicted octanol–water partition coefficient (Wildman–Crippen LogP) is 3.66. The highest BCUT2D eigenvalue weighted by Crippen LogP contribution is 2.19. The van der Waals surface area contributed by atoms with Crippen LogP contribution in [0.1, 0.15) is 37.1 Å². The third-order valence-electron chi connectivity index (χ3n) is 5.27. The van der Waals surface area contributed by atoms with E-state index in [1.165, 1.54) is 5.56 Å². The van der Waals surface area contributed by atoms with Crippen LogP contribution in [0.15, 0.2) is 59.4 Å². The van der Waals surface area contributed by atoms with Crippen molar-refractivity contribution in [3.8, 4) is 11.5 Å². The highest BCUT2D eigenvalue weighted by Gasteiger charge is 2.24. The van der Waals surface area contributed by atoms with E-state index in [2.05, 4.69) is 27.3 Å². The maximum Gasteiger partial charge on any atom is 0.258 e. The van der Waals surface area contributed by atoms with Gasteiger partial charge in [-0.15, -0.1) is 0 Å². The van der Waals surface area contributed by atoms with Crippen LogP contribution in [0.2, 0.25) is 0 Å². The summed E-state index contributed by atoms with van der Waals surface area (Å²) in [6.45, 7) is 1.70. The van der Waals surface area contributed by atoms with E-state index in [4.69, 9.17) is 9.26 Å². The number of aryl methyl sites for hydroxylation is 1. The fraction of sp³-hybridized carbons (Fsp3) is 0.391. The molecular formula is C23H26N4O3. The van der Waals surface area contributed by atoms with Gasteiger partial charge in [0.1, 0.15) is 6.61 Å². The summed E-state index contributed by atoms with van der Waals surface area (Å²) in [5, 5.41) is 3.99. The van der Waals surface area contributed by atoms with Crippen molar-refractivity contribution in [1.29, 1.82) is 0 Å². The third-order valence-corrected chi connectivity index (χ3v) is 5.27. The van der Waals surface area contributed by atoms with Crippen LogP contribution in [-0.2, 0) is 22.6 Å². The highest BCUT2D eigenvalue weighted by atomic mass is 16.5. The molecule has 3 aromatic rings. The minimum absolute atomic E-state index is 0.000279. The smallest absolute Gasteiger partial charge is 0.258 e. The lowest BCUT2D eigenvalue weighted by Gasteiger charge is -2.32. The minimum atomic E-state index is -0.000279. The van der Waals surface area contributed by atoms with Gasteiger partial charge in [0, 0.05) is 37.5 Å². The molecule has 2 aromatic heterocycles. The van der Waals surface area contributed by atoms with Gasteiger partial charge in [-0.05, 0) is 43.4 Å². The van der Waals surface area contributed by atoms with Gasteiger partial charge in [-0.3, -0.25) is 9.78 Å². The lowest BCUT2D eigenvalue weighted by Crippen LogP contribution is -2.43. The van der Waals surface area contributed by atoms with Crippen LogP contribution in [0.25, 0.3) is 11.5 Å². The summed E-state index contributed by atoms with van der Waals surface area (Å²) in [5.41, 5.74) is 2.10. The number of hydrogen-bond donors (Lipinski definition) is 0. The maximum atomic E-state index is 12.6. The molecule has 0 saturated carbocycles. The largest absolute Gasteiger partial charge is 0.368 e. The molecule has 7 nitrogen and oxygen atoms in total. The standard InChI is InChI=1S/C23H26N4O3/c28-22(10-4-8-18-6-2-1-3-7-18)27-15-5-9-20(16-27)29-17-21-25-23(30-26-21)19-11-13-24-14-12-19/h1-3,6-7,11-14,20H,4-5,8-10,15-17H2. The zero-order valence-corrected chi connectivity index (χ0v) is 16.9. The van der Waals surface area contributed by atoms with Crippen LogP contribution < -0.4 is 0 Å². The average Bonchev–Trinajstić information content (AvgIpc) is 3.28. The van der Waals surface area contributed by atoms with Crippen LogP contribution in [0.4, 0.5) is 0 Å². The van der Waals surface area contributed by atoms with Gasteiger partial charge >= 0.3 is 0 Å². The molecule has 1 atom stereocenters. The summed E-state index contributed by atoms with van der Waals surface area (Å²) >= 11 is 0. The Morgan fingerprint density at radius 1 is 1.17 bits per heavy atom. The van der Waals surface area contributed by atoms with E-state index >= 15 is 0 Å². The summed E-state index contributed by atoms with van der Waals surface area (Å²) in [4.78, 5) is 22.9. The van der Waals surface area contributed by atoms with E-state index < -0.39 is 0 Å². The normalized spacial score (nSPS) is 16.5. The summed E-state index contributed by atoms with van der Waals surface area (Å²) in [7, 11) is 0. The molecule has 0 bridgehead atoms. The number of likely N-dealkylation sites (tertiary alicyclic amines) is 1. The predicted molar refractivity (Wildman–Crippen MR) is 111 cm³/mol. The second kappa shape index (κ2) is 10.1.